The molecule has 0 radical (unpaired) electrons. The number of rotatable bonds is 9. The van der Waals surface area contributed by atoms with E-state index >= 15 is 0 Å². The van der Waals surface area contributed by atoms with Crippen molar-refractivity contribution in [1.82, 2.24) is 0 Å². The van der Waals surface area contributed by atoms with E-state index in [9.17, 15) is 8.78 Å². The number of halogens is 2. The molecule has 0 aliphatic carbocycles. The summed E-state index contributed by atoms with van der Waals surface area (Å²) in [6.45, 7) is 2.75. The molecular formula is C24H30F2N3+3. The lowest BCUT2D eigenvalue weighted by Gasteiger charge is -2.11. The molecule has 5 heteroatoms. The first-order valence-electron chi connectivity index (χ1n) is 10.1. The molecule has 3 rings (SSSR count). The number of nitrogens with two attached hydrogens (primary N) is 1. The normalized spacial score (nSPS) is 12.1. The van der Waals surface area contributed by atoms with Crippen molar-refractivity contribution in [1.29, 1.82) is 0 Å². The van der Waals surface area contributed by atoms with Gasteiger partial charge in [-0.3, -0.25) is 0 Å². The van der Waals surface area contributed by atoms with Crippen molar-refractivity contribution in [2.45, 2.75) is 25.4 Å². The van der Waals surface area contributed by atoms with Gasteiger partial charge in [0.25, 0.3) is 0 Å². The van der Waals surface area contributed by atoms with E-state index in [2.05, 4.69) is 35.0 Å². The Hall–Kier alpha value is -2.60. The van der Waals surface area contributed by atoms with Crippen LogP contribution >= 0.6 is 0 Å². The first-order valence-corrected chi connectivity index (χ1v) is 10.1. The lowest BCUT2D eigenvalue weighted by atomic mass is 9.96. The molecule has 0 bridgehead atoms. The van der Waals surface area contributed by atoms with Gasteiger partial charge in [-0.1, -0.05) is 24.3 Å². The van der Waals surface area contributed by atoms with Gasteiger partial charge in [0.1, 0.15) is 30.8 Å². The predicted octanol–water partition coefficient (Wildman–Crippen LogP) is 1.99. The van der Waals surface area contributed by atoms with Crippen LogP contribution in [0.5, 0.6) is 0 Å². The summed E-state index contributed by atoms with van der Waals surface area (Å²) in [5.41, 5.74) is 13.3. The zero-order valence-corrected chi connectivity index (χ0v) is 16.7. The first-order chi connectivity index (χ1) is 14.0. The molecule has 0 heterocycles. The Bertz CT molecular complexity index is 845. The molecule has 1 atom stereocenters. The predicted molar refractivity (Wildman–Crippen MR) is 111 cm³/mol. The number of benzene rings is 3. The molecule has 3 nitrogen and oxygen atoms in total. The van der Waals surface area contributed by atoms with Gasteiger partial charge in [-0.2, -0.15) is 0 Å². The second-order valence-electron chi connectivity index (χ2n) is 7.52. The molecule has 8 N–H and O–H groups in total. The Labute approximate surface area is 170 Å². The highest BCUT2D eigenvalue weighted by Gasteiger charge is 2.11. The summed E-state index contributed by atoms with van der Waals surface area (Å²) in [6.07, 6.45) is 2.20. The third-order valence-electron chi connectivity index (χ3n) is 5.09. The summed E-state index contributed by atoms with van der Waals surface area (Å²) < 4.78 is 26.7. The fourth-order valence-electron chi connectivity index (χ4n) is 3.46. The van der Waals surface area contributed by atoms with Crippen LogP contribution in [0, 0.1) is 11.6 Å². The monoisotopic (exact) mass is 398 g/mol. The van der Waals surface area contributed by atoms with Gasteiger partial charge in [0.2, 0.25) is 0 Å². The SMILES string of the molecule is [NH3+]CCC[C@H]([NH3+])C[NH2+]Cc1cc(-c2ccc(F)cc2)cc(-c2ccc(F)cc2)c1. The van der Waals surface area contributed by atoms with E-state index in [1.807, 2.05) is 0 Å². The van der Waals surface area contributed by atoms with Gasteiger partial charge in [-0.05, 0) is 64.7 Å². The number of hydrogen-bond acceptors (Lipinski definition) is 0. The van der Waals surface area contributed by atoms with Gasteiger partial charge in [0, 0.05) is 18.4 Å². The van der Waals surface area contributed by atoms with Gasteiger partial charge in [-0.15, -0.1) is 0 Å². The Morgan fingerprint density at radius 3 is 1.76 bits per heavy atom. The van der Waals surface area contributed by atoms with Crippen molar-refractivity contribution in [3.63, 3.8) is 0 Å². The van der Waals surface area contributed by atoms with Crippen LogP contribution in [0.3, 0.4) is 0 Å². The van der Waals surface area contributed by atoms with E-state index < -0.39 is 0 Å². The molecule has 0 unspecified atom stereocenters. The largest absolute Gasteiger partial charge is 0.358 e. The molecule has 0 saturated heterocycles. The second-order valence-corrected chi connectivity index (χ2v) is 7.52. The average Bonchev–Trinajstić information content (AvgIpc) is 2.73. The van der Waals surface area contributed by atoms with Crippen LogP contribution < -0.4 is 16.8 Å². The van der Waals surface area contributed by atoms with Crippen molar-refractivity contribution in [2.24, 2.45) is 0 Å². The summed E-state index contributed by atoms with van der Waals surface area (Å²) in [5.74, 6) is -0.499. The minimum atomic E-state index is -0.249. The zero-order chi connectivity index (χ0) is 20.6. The second kappa shape index (κ2) is 10.3. The first kappa shape index (κ1) is 21.1. The lowest BCUT2D eigenvalue weighted by molar-refractivity contribution is -0.694. The summed E-state index contributed by atoms with van der Waals surface area (Å²) in [4.78, 5) is 0. The fraction of sp³-hybridized carbons (Fsp3) is 0.250. The summed E-state index contributed by atoms with van der Waals surface area (Å²) in [7, 11) is 0. The molecular weight excluding hydrogens is 368 g/mol. The minimum absolute atomic E-state index is 0.249. The molecule has 0 aliphatic rings. The van der Waals surface area contributed by atoms with Crippen molar-refractivity contribution < 1.29 is 25.6 Å². The van der Waals surface area contributed by atoms with Gasteiger partial charge in [-0.25, -0.2) is 8.78 Å². The highest BCUT2D eigenvalue weighted by atomic mass is 19.1. The van der Waals surface area contributed by atoms with Crippen LogP contribution in [0.1, 0.15) is 18.4 Å². The Morgan fingerprint density at radius 2 is 1.28 bits per heavy atom. The van der Waals surface area contributed by atoms with Crippen molar-refractivity contribution in [3.8, 4) is 22.3 Å². The topological polar surface area (TPSA) is 71.9 Å². The van der Waals surface area contributed by atoms with E-state index in [1.165, 1.54) is 29.8 Å². The summed E-state index contributed by atoms with van der Waals surface area (Å²) in [6, 6.07) is 19.8. The molecule has 3 aromatic carbocycles. The van der Waals surface area contributed by atoms with Gasteiger partial charge < -0.3 is 16.8 Å². The van der Waals surface area contributed by atoms with Gasteiger partial charge in [0.05, 0.1) is 6.54 Å². The third-order valence-corrected chi connectivity index (χ3v) is 5.09. The molecule has 0 saturated carbocycles. The van der Waals surface area contributed by atoms with E-state index in [4.69, 9.17) is 0 Å². The number of hydrogen-bond donors (Lipinski definition) is 3. The maximum atomic E-state index is 13.3. The Kier molecular flexibility index (Phi) is 7.47. The molecule has 3 aromatic rings. The smallest absolute Gasteiger partial charge is 0.134 e. The molecule has 0 aliphatic heterocycles. The van der Waals surface area contributed by atoms with Crippen molar-refractivity contribution in [3.05, 3.63) is 83.9 Å². The molecule has 0 fully saturated rings. The van der Waals surface area contributed by atoms with Crippen LogP contribution in [0.25, 0.3) is 22.3 Å². The highest BCUT2D eigenvalue weighted by molar-refractivity contribution is 5.74. The lowest BCUT2D eigenvalue weighted by Crippen LogP contribution is -2.89. The number of quaternary nitrogens is 3. The highest BCUT2D eigenvalue weighted by Crippen LogP contribution is 2.28. The van der Waals surface area contributed by atoms with E-state index in [-0.39, 0.29) is 11.6 Å². The van der Waals surface area contributed by atoms with Crippen LogP contribution in [0.4, 0.5) is 8.78 Å². The van der Waals surface area contributed by atoms with E-state index in [0.29, 0.717) is 6.04 Å². The van der Waals surface area contributed by atoms with Crippen LogP contribution in [0.2, 0.25) is 0 Å². The Morgan fingerprint density at radius 1 is 0.759 bits per heavy atom. The van der Waals surface area contributed by atoms with E-state index in [0.717, 1.165) is 54.7 Å². The third kappa shape index (κ3) is 6.19. The maximum absolute atomic E-state index is 13.3. The van der Waals surface area contributed by atoms with E-state index in [1.54, 1.807) is 24.3 Å². The van der Waals surface area contributed by atoms with Gasteiger partial charge in [0.15, 0.2) is 0 Å². The van der Waals surface area contributed by atoms with Gasteiger partial charge >= 0.3 is 0 Å². The minimum Gasteiger partial charge on any atom is -0.358 e. The molecule has 29 heavy (non-hydrogen) atoms. The fourth-order valence-corrected chi connectivity index (χ4v) is 3.46. The summed E-state index contributed by atoms with van der Waals surface area (Å²) in [5, 5.41) is 2.28. The quantitative estimate of drug-likeness (QED) is 0.493. The van der Waals surface area contributed by atoms with Crippen LogP contribution in [0.15, 0.2) is 66.7 Å². The molecule has 152 valence electrons. The standard InChI is InChI=1S/C24H27F2N3/c25-22-7-3-18(4-8-22)20-12-17(15-29-16-24(28)2-1-11-27)13-21(14-20)19-5-9-23(26)10-6-19/h3-10,12-14,24,29H,1-2,11,15-16,27-28H2/p+3/t24-/m0/s1. The van der Waals surface area contributed by atoms with Crippen LogP contribution in [-0.4, -0.2) is 19.1 Å². The molecule has 0 aromatic heterocycles. The Balaban J connectivity index is 1.84. The van der Waals surface area contributed by atoms with Crippen molar-refractivity contribution >= 4 is 0 Å². The van der Waals surface area contributed by atoms with Crippen molar-refractivity contribution in [2.75, 3.05) is 13.1 Å². The zero-order valence-electron chi connectivity index (χ0n) is 16.7. The maximum Gasteiger partial charge on any atom is 0.134 e. The van der Waals surface area contributed by atoms with Crippen LogP contribution in [-0.2, 0) is 6.54 Å². The summed E-state index contributed by atoms with van der Waals surface area (Å²) >= 11 is 0. The molecule has 0 spiro atoms. The molecule has 0 amide bonds. The average molecular weight is 399 g/mol.